The summed E-state index contributed by atoms with van der Waals surface area (Å²) in [5.41, 5.74) is -4.94. The van der Waals surface area contributed by atoms with Crippen LogP contribution < -0.4 is 0 Å². The average Bonchev–Trinajstić information content (AvgIpc) is 2.68. The number of hydrogen-bond donors (Lipinski definition) is 3. The molecule has 0 aromatic rings. The molecule has 0 fully saturated rings. The summed E-state index contributed by atoms with van der Waals surface area (Å²) in [5, 5.41) is 31.6. The Labute approximate surface area is 185 Å². The second-order valence-electron chi connectivity index (χ2n) is 8.34. The average molecular weight is 445 g/mol. The molecule has 0 heterocycles. The van der Waals surface area contributed by atoms with E-state index in [-0.39, 0.29) is 19.3 Å². The first kappa shape index (κ1) is 29.0. The smallest absolute Gasteiger partial charge is 0.337 e. The number of aliphatic carboxylic acids is 2. The van der Waals surface area contributed by atoms with Crippen molar-refractivity contribution in [3.8, 4) is 0 Å². The van der Waals surface area contributed by atoms with Crippen LogP contribution in [-0.2, 0) is 23.9 Å². The van der Waals surface area contributed by atoms with Gasteiger partial charge in [0.05, 0.1) is 5.92 Å². The lowest BCUT2D eigenvalue weighted by atomic mass is 9.59. The lowest BCUT2D eigenvalue weighted by Gasteiger charge is -2.45. The molecule has 0 saturated carbocycles. The summed E-state index contributed by atoms with van der Waals surface area (Å²) < 4.78 is 4.83. The van der Waals surface area contributed by atoms with Gasteiger partial charge >= 0.3 is 23.9 Å². The molecule has 0 saturated heterocycles. The molecule has 0 aromatic heterocycles. The molecule has 0 aliphatic heterocycles. The van der Waals surface area contributed by atoms with Crippen molar-refractivity contribution in [3.63, 3.8) is 0 Å². The van der Waals surface area contributed by atoms with Crippen molar-refractivity contribution in [1.29, 1.82) is 0 Å². The van der Waals surface area contributed by atoms with E-state index in [2.05, 4.69) is 0 Å². The molecular formula is C23H40O8. The number of hydrogen-bond acceptors (Lipinski definition) is 6. The zero-order chi connectivity index (χ0) is 24.1. The molecule has 0 rings (SSSR count). The maximum Gasteiger partial charge on any atom is 0.337 e. The molecule has 31 heavy (non-hydrogen) atoms. The number of esters is 2. The quantitative estimate of drug-likeness (QED) is 0.171. The number of unbranched alkanes of at least 4 members (excludes halogenated alkanes) is 6. The van der Waals surface area contributed by atoms with Gasteiger partial charge < -0.3 is 20.1 Å². The van der Waals surface area contributed by atoms with E-state index in [4.69, 9.17) is 4.74 Å². The first-order chi connectivity index (χ1) is 14.5. The van der Waals surface area contributed by atoms with Gasteiger partial charge in [-0.3, -0.25) is 14.4 Å². The van der Waals surface area contributed by atoms with Crippen molar-refractivity contribution in [2.75, 3.05) is 0 Å². The molecule has 0 spiro atoms. The highest BCUT2D eigenvalue weighted by Crippen LogP contribution is 2.48. The molecule has 180 valence electrons. The van der Waals surface area contributed by atoms with Gasteiger partial charge in [0.1, 0.15) is 5.41 Å². The van der Waals surface area contributed by atoms with Gasteiger partial charge in [-0.05, 0) is 19.3 Å². The highest BCUT2D eigenvalue weighted by atomic mass is 16.6. The molecule has 2 atom stereocenters. The third kappa shape index (κ3) is 7.59. The van der Waals surface area contributed by atoms with Crippen molar-refractivity contribution >= 4 is 23.9 Å². The fraction of sp³-hybridized carbons (Fsp3) is 0.826. The molecular weight excluding hydrogens is 404 g/mol. The van der Waals surface area contributed by atoms with Gasteiger partial charge in [-0.15, -0.1) is 0 Å². The molecule has 0 bridgehead atoms. The molecule has 0 aliphatic carbocycles. The Morgan fingerprint density at radius 3 is 1.61 bits per heavy atom. The van der Waals surface area contributed by atoms with Crippen molar-refractivity contribution in [2.24, 2.45) is 11.3 Å². The zero-order valence-corrected chi connectivity index (χ0v) is 19.4. The van der Waals surface area contributed by atoms with Crippen LogP contribution in [0.3, 0.4) is 0 Å². The predicted octanol–water partition coefficient (Wildman–Crippen LogP) is 4.32. The van der Waals surface area contributed by atoms with Crippen molar-refractivity contribution in [3.05, 3.63) is 0 Å². The van der Waals surface area contributed by atoms with Crippen LogP contribution in [0.15, 0.2) is 0 Å². The molecule has 0 aliphatic rings. The summed E-state index contributed by atoms with van der Waals surface area (Å²) in [6, 6.07) is 0. The first-order valence-corrected chi connectivity index (χ1v) is 11.5. The standard InChI is InChI=1S/C23H40O8/c1-5-8-11-14-18(19(25)26)23(30,20(27)28)22(15-12-9-6-2,16-13-10-7-3)21(29)31-17(4)24/h18,30H,5-16H2,1-4H3,(H,25,26)(H,27,28). The minimum absolute atomic E-state index is 0.0724. The molecule has 0 aromatic carbocycles. The highest BCUT2D eigenvalue weighted by Gasteiger charge is 2.66. The normalized spacial score (nSPS) is 14.5. The van der Waals surface area contributed by atoms with Crippen LogP contribution in [0.2, 0.25) is 0 Å². The van der Waals surface area contributed by atoms with Crippen molar-refractivity contribution in [2.45, 2.75) is 110 Å². The number of carboxylic acid groups (broad SMARTS) is 2. The van der Waals surface area contributed by atoms with Gasteiger partial charge in [-0.1, -0.05) is 78.6 Å². The van der Waals surface area contributed by atoms with Crippen LogP contribution in [0.1, 0.15) is 105 Å². The van der Waals surface area contributed by atoms with Crippen molar-refractivity contribution in [1.82, 2.24) is 0 Å². The number of ether oxygens (including phenoxy) is 1. The van der Waals surface area contributed by atoms with Crippen LogP contribution in [0.25, 0.3) is 0 Å². The van der Waals surface area contributed by atoms with Gasteiger partial charge in [-0.25, -0.2) is 4.79 Å². The monoisotopic (exact) mass is 444 g/mol. The van der Waals surface area contributed by atoms with E-state index < -0.39 is 40.8 Å². The summed E-state index contributed by atoms with van der Waals surface area (Å²) in [5.74, 6) is -7.04. The van der Waals surface area contributed by atoms with Gasteiger partial charge in [0.25, 0.3) is 0 Å². The number of carbonyl (C=O) groups is 4. The Morgan fingerprint density at radius 2 is 1.26 bits per heavy atom. The van der Waals surface area contributed by atoms with Crippen LogP contribution in [0.4, 0.5) is 0 Å². The van der Waals surface area contributed by atoms with E-state index in [1.807, 2.05) is 20.8 Å². The van der Waals surface area contributed by atoms with E-state index in [0.717, 1.165) is 26.2 Å². The summed E-state index contributed by atoms with van der Waals surface area (Å²) in [6.07, 6.45) is 5.26. The summed E-state index contributed by atoms with van der Waals surface area (Å²) in [7, 11) is 0. The minimum atomic E-state index is -2.90. The van der Waals surface area contributed by atoms with Gasteiger partial charge in [-0.2, -0.15) is 0 Å². The third-order valence-corrected chi connectivity index (χ3v) is 6.00. The Morgan fingerprint density at radius 1 is 0.806 bits per heavy atom. The zero-order valence-electron chi connectivity index (χ0n) is 19.4. The number of rotatable bonds is 17. The fourth-order valence-corrected chi connectivity index (χ4v) is 4.24. The van der Waals surface area contributed by atoms with Crippen LogP contribution in [-0.4, -0.2) is 44.8 Å². The Hall–Kier alpha value is -1.96. The van der Waals surface area contributed by atoms with Crippen LogP contribution in [0, 0.1) is 11.3 Å². The Balaban J connectivity index is 6.67. The van der Waals surface area contributed by atoms with E-state index in [9.17, 15) is 34.5 Å². The van der Waals surface area contributed by atoms with Gasteiger partial charge in [0.2, 0.25) is 0 Å². The molecule has 3 N–H and O–H groups in total. The van der Waals surface area contributed by atoms with E-state index in [1.165, 1.54) is 0 Å². The summed E-state index contributed by atoms with van der Waals surface area (Å²) in [6.45, 7) is 6.81. The minimum Gasteiger partial charge on any atom is -0.481 e. The Kier molecular flexibility index (Phi) is 13.3. The van der Waals surface area contributed by atoms with E-state index >= 15 is 0 Å². The Bertz CT molecular complexity index is 590. The van der Waals surface area contributed by atoms with E-state index in [1.54, 1.807) is 0 Å². The third-order valence-electron chi connectivity index (χ3n) is 6.00. The van der Waals surface area contributed by atoms with Gasteiger partial charge in [0, 0.05) is 6.92 Å². The maximum atomic E-state index is 13.2. The molecule has 0 amide bonds. The number of aliphatic hydroxyl groups is 1. The fourth-order valence-electron chi connectivity index (χ4n) is 4.24. The maximum absolute atomic E-state index is 13.2. The lowest BCUT2D eigenvalue weighted by Crippen LogP contribution is -2.64. The van der Waals surface area contributed by atoms with Crippen LogP contribution in [0.5, 0.6) is 0 Å². The number of carboxylic acids is 2. The summed E-state index contributed by atoms with van der Waals surface area (Å²) in [4.78, 5) is 49.4. The highest BCUT2D eigenvalue weighted by molar-refractivity contribution is 5.96. The van der Waals surface area contributed by atoms with E-state index in [0.29, 0.717) is 38.5 Å². The molecule has 8 heteroatoms. The second-order valence-corrected chi connectivity index (χ2v) is 8.34. The molecule has 8 nitrogen and oxygen atoms in total. The second kappa shape index (κ2) is 14.2. The SMILES string of the molecule is CCCCCC(C(=O)O)C(O)(C(=O)O)C(CCCCC)(CCCCC)C(=O)OC(C)=O. The molecule has 2 unspecified atom stereocenters. The predicted molar refractivity (Wildman–Crippen MR) is 115 cm³/mol. The first-order valence-electron chi connectivity index (χ1n) is 11.5. The lowest BCUT2D eigenvalue weighted by molar-refractivity contribution is -0.210. The topological polar surface area (TPSA) is 138 Å². The summed E-state index contributed by atoms with van der Waals surface area (Å²) >= 11 is 0. The number of carbonyl (C=O) groups excluding carboxylic acids is 2. The van der Waals surface area contributed by atoms with Crippen molar-refractivity contribution < 1.29 is 39.2 Å². The van der Waals surface area contributed by atoms with Gasteiger partial charge in [0.15, 0.2) is 5.60 Å². The van der Waals surface area contributed by atoms with Crippen LogP contribution >= 0.6 is 0 Å². The molecule has 0 radical (unpaired) electrons. The largest absolute Gasteiger partial charge is 0.481 e.